The normalized spacial score (nSPS) is 12.4. The van der Waals surface area contributed by atoms with Crippen LogP contribution >= 0.6 is 11.8 Å². The third-order valence-electron chi connectivity index (χ3n) is 5.93. The Labute approximate surface area is 222 Å². The van der Waals surface area contributed by atoms with Gasteiger partial charge in [0.1, 0.15) is 6.54 Å². The van der Waals surface area contributed by atoms with E-state index in [-0.39, 0.29) is 23.5 Å². The first-order valence-corrected chi connectivity index (χ1v) is 14.7. The molecule has 0 aliphatic rings. The molecule has 0 aliphatic heterocycles. The van der Waals surface area contributed by atoms with Gasteiger partial charge in [-0.25, -0.2) is 13.4 Å². The van der Waals surface area contributed by atoms with Gasteiger partial charge in [-0.2, -0.15) is 0 Å². The quantitative estimate of drug-likeness (QED) is 0.130. The number of fused-ring (bicyclic) bond motifs is 1. The molecule has 0 radical (unpaired) electrons. The number of aromatic nitrogens is 2. The largest absolute Gasteiger partial charge is 0.461 e. The Kier molecular flexibility index (Phi) is 8.89. The van der Waals surface area contributed by atoms with Gasteiger partial charge >= 0.3 is 5.97 Å². The molecule has 0 saturated heterocycles. The van der Waals surface area contributed by atoms with Crippen molar-refractivity contribution in [2.24, 2.45) is 0 Å². The smallest absolute Gasteiger partial charge is 0.326 e. The van der Waals surface area contributed by atoms with Crippen LogP contribution in [0.15, 0.2) is 95.0 Å². The van der Waals surface area contributed by atoms with Gasteiger partial charge in [0.05, 0.1) is 27.7 Å². The van der Waals surface area contributed by atoms with Crippen molar-refractivity contribution >= 4 is 44.5 Å². The van der Waals surface area contributed by atoms with Gasteiger partial charge in [0.2, 0.25) is 0 Å². The molecule has 1 atom stereocenters. The molecule has 0 fully saturated rings. The molecule has 0 amide bonds. The Morgan fingerprint density at radius 1 is 1.00 bits per heavy atom. The van der Waals surface area contributed by atoms with E-state index in [0.717, 1.165) is 17.5 Å². The Morgan fingerprint density at radius 2 is 1.65 bits per heavy atom. The summed E-state index contributed by atoms with van der Waals surface area (Å²) in [6.45, 7) is 4.24. The third kappa shape index (κ3) is 6.53. The van der Waals surface area contributed by atoms with Crippen molar-refractivity contribution < 1.29 is 17.9 Å². The first kappa shape index (κ1) is 26.8. The molecule has 0 aliphatic carbocycles. The van der Waals surface area contributed by atoms with Crippen LogP contribution in [0.3, 0.4) is 0 Å². The van der Waals surface area contributed by atoms with Crippen molar-refractivity contribution in [3.05, 3.63) is 84.9 Å². The van der Waals surface area contributed by atoms with Crippen molar-refractivity contribution in [3.63, 3.8) is 0 Å². The fourth-order valence-electron chi connectivity index (χ4n) is 3.86. The second-order valence-electron chi connectivity index (χ2n) is 8.61. The van der Waals surface area contributed by atoms with E-state index in [9.17, 15) is 13.2 Å². The number of anilines is 1. The highest BCUT2D eigenvalue weighted by Gasteiger charge is 2.24. The lowest BCUT2D eigenvalue weighted by Crippen LogP contribution is -2.32. The molecule has 194 valence electrons. The van der Waals surface area contributed by atoms with Gasteiger partial charge in [-0.3, -0.25) is 9.10 Å². The zero-order chi connectivity index (χ0) is 26.3. The Balaban J connectivity index is 1.49. The molecule has 4 rings (SSSR count). The summed E-state index contributed by atoms with van der Waals surface area (Å²) < 4.78 is 35.7. The van der Waals surface area contributed by atoms with E-state index in [1.165, 1.54) is 16.1 Å². The molecule has 1 heterocycles. The average molecular weight is 538 g/mol. The number of nitrogens with zero attached hydrogens (tertiary/aromatic N) is 3. The van der Waals surface area contributed by atoms with Crippen molar-refractivity contribution in [3.8, 4) is 0 Å². The highest BCUT2D eigenvalue weighted by molar-refractivity contribution is 7.99. The van der Waals surface area contributed by atoms with E-state index >= 15 is 0 Å². The highest BCUT2D eigenvalue weighted by atomic mass is 32.2. The highest BCUT2D eigenvalue weighted by Crippen LogP contribution is 2.27. The Hall–Kier alpha value is -3.30. The summed E-state index contributed by atoms with van der Waals surface area (Å²) in [6, 6.07) is 25.3. The number of ether oxygens (including phenoxy) is 1. The first-order chi connectivity index (χ1) is 17.9. The Bertz CT molecular complexity index is 1420. The lowest BCUT2D eigenvalue weighted by atomic mass is 10.3. The lowest BCUT2D eigenvalue weighted by molar-refractivity contribution is -0.149. The maximum absolute atomic E-state index is 13.5. The zero-order valence-electron chi connectivity index (χ0n) is 21.0. The molecule has 3 aromatic carbocycles. The first-order valence-electron chi connectivity index (χ1n) is 12.3. The van der Waals surface area contributed by atoms with Crippen molar-refractivity contribution in [2.75, 3.05) is 16.6 Å². The average Bonchev–Trinajstić information content (AvgIpc) is 3.26. The van der Waals surface area contributed by atoms with Crippen molar-refractivity contribution in [2.45, 2.75) is 49.4 Å². The topological polar surface area (TPSA) is 81.5 Å². The molecule has 0 spiro atoms. The fraction of sp³-hybridized carbons (Fsp3) is 0.286. The van der Waals surface area contributed by atoms with Crippen LogP contribution in [-0.4, -0.2) is 42.3 Å². The molecule has 9 heteroatoms. The number of imidazole rings is 1. The number of carbonyl (C=O) groups excluding carboxylic acids is 1. The number of rotatable bonds is 12. The van der Waals surface area contributed by atoms with E-state index < -0.39 is 10.0 Å². The molecular formula is C28H31N3O4S2. The van der Waals surface area contributed by atoms with Crippen LogP contribution in [0.25, 0.3) is 11.0 Å². The number of hydrogen-bond acceptors (Lipinski definition) is 6. The standard InChI is InChI=1S/C28H31N3O4S2/c1-3-22(2)35-27(32)21-30-26-18-11-10-17-25(26)29-28(30)36-20-12-19-31(23-13-6-4-7-14-23)37(33,34)24-15-8-5-9-16-24/h4-11,13-18,22H,3,12,19-21H2,1-2H3. The summed E-state index contributed by atoms with van der Waals surface area (Å²) in [4.78, 5) is 17.5. The van der Waals surface area contributed by atoms with Crippen LogP contribution in [-0.2, 0) is 26.1 Å². The number of para-hydroxylation sites is 3. The van der Waals surface area contributed by atoms with E-state index in [4.69, 9.17) is 9.72 Å². The molecule has 1 unspecified atom stereocenters. The van der Waals surface area contributed by atoms with Gasteiger partial charge in [-0.05, 0) is 56.2 Å². The van der Waals surface area contributed by atoms with Crippen LogP contribution in [0.1, 0.15) is 26.7 Å². The summed E-state index contributed by atoms with van der Waals surface area (Å²) in [5, 5.41) is 0.708. The summed E-state index contributed by atoms with van der Waals surface area (Å²) in [5.41, 5.74) is 2.29. The van der Waals surface area contributed by atoms with Gasteiger partial charge in [-0.1, -0.05) is 67.2 Å². The second-order valence-corrected chi connectivity index (χ2v) is 11.5. The van der Waals surface area contributed by atoms with Crippen LogP contribution < -0.4 is 4.31 Å². The van der Waals surface area contributed by atoms with Gasteiger partial charge < -0.3 is 9.30 Å². The van der Waals surface area contributed by atoms with E-state index in [1.54, 1.807) is 42.5 Å². The molecule has 1 aromatic heterocycles. The lowest BCUT2D eigenvalue weighted by Gasteiger charge is -2.24. The van der Waals surface area contributed by atoms with Crippen molar-refractivity contribution in [1.29, 1.82) is 0 Å². The molecule has 0 saturated carbocycles. The zero-order valence-corrected chi connectivity index (χ0v) is 22.6. The number of hydrogen-bond donors (Lipinski definition) is 0. The predicted octanol–water partition coefficient (Wildman–Crippen LogP) is 5.76. The number of esters is 1. The third-order valence-corrected chi connectivity index (χ3v) is 8.83. The summed E-state index contributed by atoms with van der Waals surface area (Å²) >= 11 is 1.51. The summed E-state index contributed by atoms with van der Waals surface area (Å²) in [6.07, 6.45) is 1.20. The van der Waals surface area contributed by atoms with Gasteiger partial charge in [0.15, 0.2) is 5.16 Å². The van der Waals surface area contributed by atoms with E-state index in [0.29, 0.717) is 29.6 Å². The molecule has 37 heavy (non-hydrogen) atoms. The fourth-order valence-corrected chi connectivity index (χ4v) is 6.33. The van der Waals surface area contributed by atoms with E-state index in [1.807, 2.05) is 60.9 Å². The monoisotopic (exact) mass is 537 g/mol. The summed E-state index contributed by atoms with van der Waals surface area (Å²) in [7, 11) is -3.72. The maximum atomic E-state index is 13.5. The van der Waals surface area contributed by atoms with Crippen LogP contribution in [0, 0.1) is 0 Å². The number of sulfonamides is 1. The van der Waals surface area contributed by atoms with Crippen LogP contribution in [0.2, 0.25) is 0 Å². The number of benzene rings is 3. The maximum Gasteiger partial charge on any atom is 0.326 e. The molecule has 0 N–H and O–H groups in total. The van der Waals surface area contributed by atoms with Gasteiger partial charge in [-0.15, -0.1) is 0 Å². The SMILES string of the molecule is CCC(C)OC(=O)Cn1c(SCCCN(c2ccccc2)S(=O)(=O)c2ccccc2)nc2ccccc21. The predicted molar refractivity (Wildman–Crippen MR) is 148 cm³/mol. The number of carbonyl (C=O) groups is 1. The summed E-state index contributed by atoms with van der Waals surface area (Å²) in [5.74, 6) is 0.320. The molecule has 7 nitrogen and oxygen atoms in total. The molecule has 0 bridgehead atoms. The van der Waals surface area contributed by atoms with Crippen LogP contribution in [0.4, 0.5) is 5.69 Å². The van der Waals surface area contributed by atoms with Gasteiger partial charge in [0, 0.05) is 12.3 Å². The van der Waals surface area contributed by atoms with E-state index in [2.05, 4.69) is 0 Å². The van der Waals surface area contributed by atoms with Gasteiger partial charge in [0.25, 0.3) is 10.0 Å². The Morgan fingerprint density at radius 3 is 2.35 bits per heavy atom. The minimum Gasteiger partial charge on any atom is -0.461 e. The second kappa shape index (κ2) is 12.3. The minimum atomic E-state index is -3.72. The minimum absolute atomic E-state index is 0.0751. The van der Waals surface area contributed by atoms with Crippen molar-refractivity contribution in [1.82, 2.24) is 9.55 Å². The number of thioether (sulfide) groups is 1. The molecular weight excluding hydrogens is 506 g/mol. The van der Waals surface area contributed by atoms with Crippen LogP contribution in [0.5, 0.6) is 0 Å². The molecule has 4 aromatic rings.